The molecule has 1 atom stereocenters. The van der Waals surface area contributed by atoms with E-state index in [4.69, 9.17) is 4.74 Å². The molecule has 1 saturated heterocycles. The summed E-state index contributed by atoms with van der Waals surface area (Å²) in [6.07, 6.45) is 6.67. The van der Waals surface area contributed by atoms with Crippen molar-refractivity contribution >= 4 is 0 Å². The molecule has 0 spiro atoms. The molecule has 3 heteroatoms. The summed E-state index contributed by atoms with van der Waals surface area (Å²) >= 11 is 0. The predicted molar refractivity (Wildman–Crippen MR) is 75.2 cm³/mol. The Morgan fingerprint density at radius 3 is 2.61 bits per heavy atom. The molecule has 0 aliphatic carbocycles. The summed E-state index contributed by atoms with van der Waals surface area (Å²) in [6, 6.07) is 0. The molecular weight excluding hydrogens is 226 g/mol. The second-order valence-electron chi connectivity index (χ2n) is 5.06. The van der Waals surface area contributed by atoms with Gasteiger partial charge in [0, 0.05) is 19.9 Å². The van der Waals surface area contributed by atoms with Gasteiger partial charge >= 0.3 is 0 Å². The highest BCUT2D eigenvalue weighted by Gasteiger charge is 2.17. The van der Waals surface area contributed by atoms with E-state index >= 15 is 0 Å². The van der Waals surface area contributed by atoms with Crippen molar-refractivity contribution in [2.45, 2.75) is 52.7 Å². The van der Waals surface area contributed by atoms with Gasteiger partial charge in [0.2, 0.25) is 0 Å². The van der Waals surface area contributed by atoms with Crippen molar-refractivity contribution in [1.29, 1.82) is 0 Å². The molecule has 1 aliphatic rings. The Balaban J connectivity index is 2.77. The Bertz CT molecular complexity index is 314. The number of rotatable bonds is 5. The average Bonchev–Trinajstić information content (AvgIpc) is 2.43. The molecule has 1 rings (SSSR count). The fraction of sp³-hybridized carbons (Fsp3) is 0.733. The van der Waals surface area contributed by atoms with Gasteiger partial charge in [-0.05, 0) is 50.7 Å². The van der Waals surface area contributed by atoms with Crippen LogP contribution >= 0.6 is 0 Å². The monoisotopic (exact) mass is 253 g/mol. The zero-order valence-electron chi connectivity index (χ0n) is 12.2. The van der Waals surface area contributed by atoms with Gasteiger partial charge in [0.05, 0.1) is 6.61 Å². The quantitative estimate of drug-likeness (QED) is 0.764. The van der Waals surface area contributed by atoms with Crippen LogP contribution in [0.2, 0.25) is 0 Å². The lowest BCUT2D eigenvalue weighted by atomic mass is 10.0. The first-order valence-electron chi connectivity index (χ1n) is 6.92. The van der Waals surface area contributed by atoms with E-state index in [0.717, 1.165) is 31.4 Å². The van der Waals surface area contributed by atoms with E-state index in [1.807, 2.05) is 13.2 Å². The largest absolute Gasteiger partial charge is 0.392 e. The Morgan fingerprint density at radius 2 is 2.11 bits per heavy atom. The van der Waals surface area contributed by atoms with Crippen molar-refractivity contribution in [1.82, 2.24) is 4.90 Å². The van der Waals surface area contributed by atoms with E-state index < -0.39 is 0 Å². The van der Waals surface area contributed by atoms with E-state index in [9.17, 15) is 5.11 Å². The molecular formula is C15H27NO2. The van der Waals surface area contributed by atoms with Crippen LogP contribution in [0.15, 0.2) is 22.9 Å². The second kappa shape index (κ2) is 7.59. The molecule has 104 valence electrons. The van der Waals surface area contributed by atoms with Crippen LogP contribution in [0.3, 0.4) is 0 Å². The topological polar surface area (TPSA) is 32.7 Å². The summed E-state index contributed by atoms with van der Waals surface area (Å²) < 4.78 is 5.74. The van der Waals surface area contributed by atoms with Crippen LogP contribution in [-0.2, 0) is 4.74 Å². The summed E-state index contributed by atoms with van der Waals surface area (Å²) in [5, 5.41) is 9.52. The molecule has 1 fully saturated rings. The van der Waals surface area contributed by atoms with Gasteiger partial charge in [-0.2, -0.15) is 0 Å². The molecule has 0 bridgehead atoms. The van der Waals surface area contributed by atoms with Crippen LogP contribution in [0.25, 0.3) is 0 Å². The van der Waals surface area contributed by atoms with Crippen LogP contribution in [0.4, 0.5) is 0 Å². The molecule has 0 aromatic carbocycles. The number of hydrogen-bond donors (Lipinski definition) is 1. The van der Waals surface area contributed by atoms with Gasteiger partial charge < -0.3 is 14.7 Å². The molecule has 0 aromatic heterocycles. The third-order valence-electron chi connectivity index (χ3n) is 3.79. The Kier molecular flexibility index (Phi) is 6.44. The maximum absolute atomic E-state index is 9.52. The first kappa shape index (κ1) is 15.3. The Hall–Kier alpha value is -0.800. The molecule has 1 unspecified atom stereocenters. The molecule has 0 aromatic rings. The minimum Gasteiger partial charge on any atom is -0.392 e. The highest BCUT2D eigenvalue weighted by Crippen LogP contribution is 2.20. The van der Waals surface area contributed by atoms with Gasteiger partial charge in [-0.15, -0.1) is 0 Å². The first-order chi connectivity index (χ1) is 8.60. The number of aliphatic hydroxyl groups excluding tert-OH is 1. The van der Waals surface area contributed by atoms with E-state index in [0.29, 0.717) is 0 Å². The lowest BCUT2D eigenvalue weighted by Crippen LogP contribution is -2.33. The number of aliphatic hydroxyl groups is 1. The van der Waals surface area contributed by atoms with Crippen molar-refractivity contribution < 1.29 is 9.84 Å². The highest BCUT2D eigenvalue weighted by molar-refractivity contribution is 5.32. The van der Waals surface area contributed by atoms with Crippen molar-refractivity contribution in [3.05, 3.63) is 22.9 Å². The average molecular weight is 253 g/mol. The van der Waals surface area contributed by atoms with E-state index in [-0.39, 0.29) is 12.8 Å². The summed E-state index contributed by atoms with van der Waals surface area (Å²) in [4.78, 5) is 2.09. The number of ether oxygens (including phenoxy) is 1. The smallest absolute Gasteiger partial charge is 0.129 e. The van der Waals surface area contributed by atoms with Crippen LogP contribution in [-0.4, -0.2) is 36.5 Å². The lowest BCUT2D eigenvalue weighted by molar-refractivity contribution is -0.0563. The van der Waals surface area contributed by atoms with Gasteiger partial charge in [0.25, 0.3) is 0 Å². The zero-order valence-corrected chi connectivity index (χ0v) is 12.2. The minimum absolute atomic E-state index is 0.0836. The number of nitrogens with zero attached hydrogens (tertiary/aromatic N) is 1. The third-order valence-corrected chi connectivity index (χ3v) is 3.79. The van der Waals surface area contributed by atoms with Crippen molar-refractivity contribution in [2.75, 3.05) is 20.3 Å². The van der Waals surface area contributed by atoms with E-state index in [1.54, 1.807) is 0 Å². The van der Waals surface area contributed by atoms with Gasteiger partial charge in [-0.3, -0.25) is 0 Å². The van der Waals surface area contributed by atoms with Crippen molar-refractivity contribution in [3.8, 4) is 0 Å². The fourth-order valence-electron chi connectivity index (χ4n) is 2.17. The first-order valence-corrected chi connectivity index (χ1v) is 6.92. The molecule has 0 amide bonds. The third kappa shape index (κ3) is 4.14. The van der Waals surface area contributed by atoms with E-state index in [2.05, 4.69) is 25.7 Å². The SMILES string of the molecule is CCC(C)=C(C)C(=CN(C)C1CCCCO1)CO. The molecule has 1 heterocycles. The van der Waals surface area contributed by atoms with E-state index in [1.165, 1.54) is 17.6 Å². The highest BCUT2D eigenvalue weighted by atomic mass is 16.5. The van der Waals surface area contributed by atoms with Crippen LogP contribution in [0.1, 0.15) is 46.5 Å². The normalized spacial score (nSPS) is 22.7. The van der Waals surface area contributed by atoms with Crippen LogP contribution < -0.4 is 0 Å². The van der Waals surface area contributed by atoms with Gasteiger partial charge in [-0.25, -0.2) is 0 Å². The van der Waals surface area contributed by atoms with Gasteiger partial charge in [-0.1, -0.05) is 12.5 Å². The molecule has 0 saturated carbocycles. The molecule has 0 radical (unpaired) electrons. The van der Waals surface area contributed by atoms with Crippen molar-refractivity contribution in [2.24, 2.45) is 0 Å². The minimum atomic E-state index is 0.0836. The summed E-state index contributed by atoms with van der Waals surface area (Å²) in [6.45, 7) is 7.27. The number of hydrogen-bond acceptors (Lipinski definition) is 3. The molecule has 1 N–H and O–H groups in total. The second-order valence-corrected chi connectivity index (χ2v) is 5.06. The zero-order chi connectivity index (χ0) is 13.5. The summed E-state index contributed by atoms with van der Waals surface area (Å²) in [7, 11) is 2.03. The maximum atomic E-state index is 9.52. The maximum Gasteiger partial charge on any atom is 0.129 e. The fourth-order valence-corrected chi connectivity index (χ4v) is 2.17. The summed E-state index contributed by atoms with van der Waals surface area (Å²) in [5.74, 6) is 0. The predicted octanol–water partition coefficient (Wildman–Crippen LogP) is 3.07. The summed E-state index contributed by atoms with van der Waals surface area (Å²) in [5.41, 5.74) is 3.52. The Labute approximate surface area is 111 Å². The van der Waals surface area contributed by atoms with Crippen LogP contribution in [0, 0.1) is 0 Å². The number of allylic oxidation sites excluding steroid dienone is 1. The van der Waals surface area contributed by atoms with Gasteiger partial charge in [0.1, 0.15) is 6.23 Å². The standard InChI is InChI=1S/C15H27NO2/c1-5-12(2)13(3)14(11-17)10-16(4)15-8-6-7-9-18-15/h10,15,17H,5-9,11H2,1-4H3. The molecule has 3 nitrogen and oxygen atoms in total. The Morgan fingerprint density at radius 1 is 1.39 bits per heavy atom. The molecule has 1 aliphatic heterocycles. The van der Waals surface area contributed by atoms with Gasteiger partial charge in [0.15, 0.2) is 0 Å². The van der Waals surface area contributed by atoms with Crippen LogP contribution in [0.5, 0.6) is 0 Å². The lowest BCUT2D eigenvalue weighted by Gasteiger charge is -2.31. The van der Waals surface area contributed by atoms with Crippen molar-refractivity contribution in [3.63, 3.8) is 0 Å². The molecule has 18 heavy (non-hydrogen) atoms.